The second kappa shape index (κ2) is 10.7. The minimum Gasteiger partial charge on any atom is -0.350 e. The summed E-state index contributed by atoms with van der Waals surface area (Å²) >= 11 is 0. The molecule has 3 aliphatic rings. The van der Waals surface area contributed by atoms with Gasteiger partial charge in [-0.2, -0.15) is 41.2 Å². The number of hydrogen-bond donors (Lipinski definition) is 4. The smallest absolute Gasteiger partial charge is 0.350 e. The summed E-state index contributed by atoms with van der Waals surface area (Å²) in [5.74, 6) is -1.38. The minimum absolute atomic E-state index is 0.0163. The fourth-order valence-corrected chi connectivity index (χ4v) is 8.02. The van der Waals surface area contributed by atoms with E-state index in [4.69, 9.17) is 0 Å². The molecule has 4 N–H and O–H groups in total. The summed E-state index contributed by atoms with van der Waals surface area (Å²) in [5, 5.41) is 2.69. The van der Waals surface area contributed by atoms with Crippen LogP contribution in [-0.4, -0.2) is 81.8 Å². The Kier molecular flexibility index (Phi) is 8.12. The lowest BCUT2D eigenvalue weighted by Crippen LogP contribution is -2.57. The van der Waals surface area contributed by atoms with Gasteiger partial charge in [0.05, 0.1) is 29.0 Å². The number of piperidine rings is 1. The summed E-state index contributed by atoms with van der Waals surface area (Å²) in [7, 11) is -6.61. The molecule has 37 heavy (non-hydrogen) atoms. The molecule has 0 spiro atoms. The van der Waals surface area contributed by atoms with Gasteiger partial charge < -0.3 is 10.2 Å². The predicted molar refractivity (Wildman–Crippen MR) is 131 cm³/mol. The average molecular weight is 569 g/mol. The van der Waals surface area contributed by atoms with Gasteiger partial charge in [0.2, 0.25) is 11.8 Å². The summed E-state index contributed by atoms with van der Waals surface area (Å²) in [6.07, 6.45) is -2.45. The molecule has 2 atom stereocenters. The van der Waals surface area contributed by atoms with Gasteiger partial charge in [0.1, 0.15) is 6.04 Å². The SMILES string of the molecule is O=C(NCc1ccc(C(F)(F)F)cc1)[C@H]1CCCN1C(=O)[C@H]1CCCN(S(=O)(=O)NC2CS(O)(O)C2)C1. The normalized spacial score (nSPS) is 25.9. The lowest BCUT2D eigenvalue weighted by atomic mass is 9.97. The molecule has 0 unspecified atom stereocenters. The second-order valence-corrected chi connectivity index (χ2v) is 13.7. The van der Waals surface area contributed by atoms with Crippen molar-refractivity contribution in [2.45, 2.75) is 50.5 Å². The predicted octanol–water partition coefficient (Wildman–Crippen LogP) is 1.99. The molecule has 0 bridgehead atoms. The topological polar surface area (TPSA) is 139 Å². The lowest BCUT2D eigenvalue weighted by Gasteiger charge is -2.47. The highest BCUT2D eigenvalue weighted by molar-refractivity contribution is 8.25. The van der Waals surface area contributed by atoms with Crippen molar-refractivity contribution >= 4 is 32.6 Å². The van der Waals surface area contributed by atoms with Gasteiger partial charge in [-0.3, -0.25) is 18.7 Å². The third-order valence-electron chi connectivity index (χ3n) is 6.91. The van der Waals surface area contributed by atoms with E-state index in [1.165, 1.54) is 21.3 Å². The van der Waals surface area contributed by atoms with Crippen molar-refractivity contribution < 1.29 is 40.3 Å². The first-order valence-corrected chi connectivity index (χ1v) is 15.3. The molecule has 208 valence electrons. The Bertz CT molecular complexity index is 1110. The zero-order chi connectivity index (χ0) is 27.0. The molecule has 3 fully saturated rings. The van der Waals surface area contributed by atoms with E-state index in [9.17, 15) is 40.3 Å². The van der Waals surface area contributed by atoms with Crippen molar-refractivity contribution in [3.8, 4) is 0 Å². The first-order valence-electron chi connectivity index (χ1n) is 12.0. The fourth-order valence-electron chi connectivity index (χ4n) is 4.97. The summed E-state index contributed by atoms with van der Waals surface area (Å²) in [6.45, 7) is 0.577. The van der Waals surface area contributed by atoms with E-state index in [2.05, 4.69) is 10.0 Å². The van der Waals surface area contributed by atoms with Crippen LogP contribution in [0.4, 0.5) is 13.2 Å². The van der Waals surface area contributed by atoms with E-state index in [1.54, 1.807) is 0 Å². The molecular weight excluding hydrogens is 537 g/mol. The molecule has 0 aliphatic carbocycles. The Morgan fingerprint density at radius 2 is 1.70 bits per heavy atom. The Labute approximate surface area is 215 Å². The van der Waals surface area contributed by atoms with Crippen LogP contribution in [0.25, 0.3) is 0 Å². The summed E-state index contributed by atoms with van der Waals surface area (Å²) in [5.41, 5.74) is -0.289. The maximum absolute atomic E-state index is 13.3. The van der Waals surface area contributed by atoms with Crippen molar-refractivity contribution in [1.82, 2.24) is 19.2 Å². The van der Waals surface area contributed by atoms with Gasteiger partial charge in [0, 0.05) is 26.2 Å². The number of benzene rings is 1. The standard InChI is InChI=1S/C22H31F3N4O6S2/c23-22(24,25)17-7-5-15(6-8-17)11-26-20(30)19-4-2-10-29(19)21(31)16-3-1-9-28(12-16)37(34,35)27-18-13-36(32,33)14-18/h5-8,16,18-19,27,32-33H,1-4,9-14H2,(H,26,30)/t16-,19+/m0/s1. The Hall–Kier alpha value is -1.91. The van der Waals surface area contributed by atoms with Crippen molar-refractivity contribution in [2.24, 2.45) is 5.92 Å². The van der Waals surface area contributed by atoms with Crippen molar-refractivity contribution in [1.29, 1.82) is 0 Å². The number of nitrogens with zero attached hydrogens (tertiary/aromatic N) is 2. The molecule has 0 aromatic heterocycles. The minimum atomic E-state index is -4.44. The van der Waals surface area contributed by atoms with Crippen molar-refractivity contribution in [3.05, 3.63) is 35.4 Å². The zero-order valence-electron chi connectivity index (χ0n) is 20.0. The van der Waals surface area contributed by atoms with Gasteiger partial charge in [-0.05, 0) is 43.4 Å². The largest absolute Gasteiger partial charge is 0.416 e. The van der Waals surface area contributed by atoms with Crippen LogP contribution in [0, 0.1) is 5.92 Å². The van der Waals surface area contributed by atoms with Crippen molar-refractivity contribution in [3.63, 3.8) is 0 Å². The van der Waals surface area contributed by atoms with Gasteiger partial charge >= 0.3 is 6.18 Å². The van der Waals surface area contributed by atoms with Crippen LogP contribution in [0.15, 0.2) is 24.3 Å². The number of rotatable bonds is 7. The van der Waals surface area contributed by atoms with Crippen LogP contribution in [-0.2, 0) is 32.5 Å². The molecule has 3 heterocycles. The summed E-state index contributed by atoms with van der Waals surface area (Å²) in [4.78, 5) is 27.6. The molecule has 3 aliphatic heterocycles. The van der Waals surface area contributed by atoms with Crippen LogP contribution in [0.1, 0.15) is 36.8 Å². The first-order chi connectivity index (χ1) is 17.2. The number of nitrogens with one attached hydrogen (secondary N) is 2. The quantitative estimate of drug-likeness (QED) is 0.397. The third-order valence-corrected chi connectivity index (χ3v) is 10.4. The monoisotopic (exact) mass is 568 g/mol. The maximum atomic E-state index is 13.3. The highest BCUT2D eigenvalue weighted by Gasteiger charge is 2.42. The lowest BCUT2D eigenvalue weighted by molar-refractivity contribution is -0.142. The van der Waals surface area contributed by atoms with Gasteiger partial charge in [-0.1, -0.05) is 12.1 Å². The summed E-state index contributed by atoms with van der Waals surface area (Å²) < 4.78 is 86.4. The molecule has 0 radical (unpaired) electrons. The Balaban J connectivity index is 1.32. The van der Waals surface area contributed by atoms with Crippen LogP contribution < -0.4 is 10.0 Å². The molecule has 1 aromatic carbocycles. The van der Waals surface area contributed by atoms with Crippen molar-refractivity contribution in [2.75, 3.05) is 31.1 Å². The molecule has 10 nitrogen and oxygen atoms in total. The average Bonchev–Trinajstić information content (AvgIpc) is 3.30. The van der Waals surface area contributed by atoms with E-state index in [0.717, 1.165) is 12.1 Å². The fraction of sp³-hybridized carbons (Fsp3) is 0.636. The van der Waals surface area contributed by atoms with E-state index in [1.807, 2.05) is 0 Å². The number of alkyl halides is 3. The van der Waals surface area contributed by atoms with Crippen LogP contribution in [0.2, 0.25) is 0 Å². The van der Waals surface area contributed by atoms with Gasteiger partial charge in [-0.25, -0.2) is 0 Å². The van der Waals surface area contributed by atoms with Crippen LogP contribution in [0.3, 0.4) is 0 Å². The number of amides is 2. The number of carbonyl (C=O) groups excluding carboxylic acids is 2. The first kappa shape index (κ1) is 28.1. The molecule has 4 rings (SSSR count). The van der Waals surface area contributed by atoms with E-state index >= 15 is 0 Å². The second-order valence-electron chi connectivity index (χ2n) is 9.75. The van der Waals surface area contributed by atoms with E-state index in [-0.39, 0.29) is 37.0 Å². The molecule has 3 saturated heterocycles. The summed E-state index contributed by atoms with van der Waals surface area (Å²) in [6, 6.07) is 3.19. The Morgan fingerprint density at radius 3 is 2.32 bits per heavy atom. The molecule has 0 saturated carbocycles. The highest BCUT2D eigenvalue weighted by Crippen LogP contribution is 2.48. The number of likely N-dealkylation sites (tertiary alicyclic amines) is 1. The van der Waals surface area contributed by atoms with Gasteiger partial charge in [-0.15, -0.1) is 0 Å². The molecule has 15 heteroatoms. The van der Waals surface area contributed by atoms with Crippen LogP contribution >= 0.6 is 10.6 Å². The number of carbonyl (C=O) groups is 2. The van der Waals surface area contributed by atoms with E-state index < -0.39 is 56.4 Å². The Morgan fingerprint density at radius 1 is 1.05 bits per heavy atom. The number of halogens is 3. The third kappa shape index (κ3) is 6.75. The van der Waals surface area contributed by atoms with Gasteiger partial charge in [0.15, 0.2) is 0 Å². The van der Waals surface area contributed by atoms with Crippen LogP contribution in [0.5, 0.6) is 0 Å². The molecule has 2 amide bonds. The molecular formula is C22H31F3N4O6S2. The highest BCUT2D eigenvalue weighted by atomic mass is 32.3. The number of hydrogen-bond acceptors (Lipinski definition) is 6. The maximum Gasteiger partial charge on any atom is 0.416 e. The molecule has 1 aromatic rings. The zero-order valence-corrected chi connectivity index (χ0v) is 21.6. The van der Waals surface area contributed by atoms with Gasteiger partial charge in [0.25, 0.3) is 10.2 Å². The van der Waals surface area contributed by atoms with E-state index in [0.29, 0.717) is 37.8 Å².